The van der Waals surface area contributed by atoms with E-state index in [-0.39, 0.29) is 5.91 Å². The molecule has 2 nitrogen and oxygen atoms in total. The molecule has 0 saturated carbocycles. The molecule has 0 radical (unpaired) electrons. The maximum atomic E-state index is 10.9. The molecule has 1 aliphatic heterocycles. The minimum atomic E-state index is 0.240. The highest BCUT2D eigenvalue weighted by Gasteiger charge is 2.24. The number of rotatable bonds is 1. The topological polar surface area (TPSA) is 20.3 Å². The summed E-state index contributed by atoms with van der Waals surface area (Å²) in [7, 11) is 0. The van der Waals surface area contributed by atoms with Crippen LogP contribution in [0.4, 0.5) is 0 Å². The van der Waals surface area contributed by atoms with Gasteiger partial charge >= 0.3 is 0 Å². The first-order chi connectivity index (χ1) is 6.17. The summed E-state index contributed by atoms with van der Waals surface area (Å²) in [5, 5.41) is 0. The zero-order valence-electron chi connectivity index (χ0n) is 9.47. The van der Waals surface area contributed by atoms with Crippen molar-refractivity contribution in [2.24, 2.45) is 0 Å². The van der Waals surface area contributed by atoms with Crippen molar-refractivity contribution in [3.8, 4) is 0 Å². The van der Waals surface area contributed by atoms with Crippen molar-refractivity contribution in [2.45, 2.75) is 59.4 Å². The molecular formula is C11H23NO. The van der Waals surface area contributed by atoms with Crippen LogP contribution in [-0.4, -0.2) is 23.4 Å². The summed E-state index contributed by atoms with van der Waals surface area (Å²) in [6, 6.07) is 0.539. The van der Waals surface area contributed by atoms with E-state index in [2.05, 4.69) is 20.8 Å². The summed E-state index contributed by atoms with van der Waals surface area (Å²) in [4.78, 5) is 12.9. The van der Waals surface area contributed by atoms with Gasteiger partial charge in [0, 0.05) is 19.5 Å². The number of hydrogen-bond acceptors (Lipinski definition) is 1. The number of carbonyl (C=O) groups is 1. The molecular weight excluding hydrogens is 162 g/mol. The number of amides is 1. The lowest BCUT2D eigenvalue weighted by Crippen LogP contribution is -2.32. The zero-order valence-corrected chi connectivity index (χ0v) is 9.47. The summed E-state index contributed by atoms with van der Waals surface area (Å²) in [6.07, 6.45) is 4.76. The van der Waals surface area contributed by atoms with Crippen molar-refractivity contribution in [1.82, 2.24) is 4.90 Å². The molecule has 1 atom stereocenters. The molecule has 0 N–H and O–H groups in total. The lowest BCUT2D eigenvalue weighted by atomic mass is 10.2. The highest BCUT2D eigenvalue weighted by Crippen LogP contribution is 2.19. The first kappa shape index (κ1) is 12.5. The van der Waals surface area contributed by atoms with Gasteiger partial charge in [-0.2, -0.15) is 0 Å². The molecule has 2 heteroatoms. The number of carbonyl (C=O) groups excluding carboxylic acids is 1. The molecule has 0 aromatic heterocycles. The Labute approximate surface area is 82.3 Å². The standard InChI is InChI=1S/C8H15NO.C3H8/c1-3-8-5-4-6-9(8)7(2)10;1-3-2/h8H,3-6H2,1-2H3;3H2,1-2H3. The van der Waals surface area contributed by atoms with Gasteiger partial charge < -0.3 is 4.90 Å². The third-order valence-corrected chi connectivity index (χ3v) is 2.25. The summed E-state index contributed by atoms with van der Waals surface area (Å²) in [5.41, 5.74) is 0. The van der Waals surface area contributed by atoms with Gasteiger partial charge in [-0.25, -0.2) is 0 Å². The molecule has 1 fully saturated rings. The van der Waals surface area contributed by atoms with Gasteiger partial charge in [0.25, 0.3) is 0 Å². The molecule has 0 aliphatic carbocycles. The SMILES string of the molecule is CCC.CCC1CCCN1C(C)=O. The largest absolute Gasteiger partial charge is 0.340 e. The molecule has 1 aliphatic rings. The minimum absolute atomic E-state index is 0.240. The summed E-state index contributed by atoms with van der Waals surface area (Å²) < 4.78 is 0. The molecule has 1 saturated heterocycles. The van der Waals surface area contributed by atoms with Crippen molar-refractivity contribution in [3.63, 3.8) is 0 Å². The highest BCUT2D eigenvalue weighted by molar-refractivity contribution is 5.73. The van der Waals surface area contributed by atoms with E-state index in [9.17, 15) is 4.79 Å². The second-order valence-electron chi connectivity index (χ2n) is 3.62. The summed E-state index contributed by atoms with van der Waals surface area (Å²) in [5.74, 6) is 0.240. The van der Waals surface area contributed by atoms with Crippen LogP contribution in [0.2, 0.25) is 0 Å². The molecule has 0 spiro atoms. The predicted octanol–water partition coefficient (Wildman–Crippen LogP) is 2.82. The maximum absolute atomic E-state index is 10.9. The average Bonchev–Trinajstić information content (AvgIpc) is 2.52. The third-order valence-electron chi connectivity index (χ3n) is 2.25. The van der Waals surface area contributed by atoms with Crippen LogP contribution in [0.1, 0.15) is 53.4 Å². The first-order valence-electron chi connectivity index (χ1n) is 5.44. The normalized spacial score (nSPS) is 20.9. The van der Waals surface area contributed by atoms with E-state index >= 15 is 0 Å². The second kappa shape index (κ2) is 6.93. The Morgan fingerprint density at radius 1 is 1.38 bits per heavy atom. The van der Waals surface area contributed by atoms with Crippen LogP contribution >= 0.6 is 0 Å². The maximum Gasteiger partial charge on any atom is 0.219 e. The lowest BCUT2D eigenvalue weighted by Gasteiger charge is -2.21. The van der Waals surface area contributed by atoms with Gasteiger partial charge in [-0.1, -0.05) is 27.2 Å². The summed E-state index contributed by atoms with van der Waals surface area (Å²) in [6.45, 7) is 9.04. The molecule has 1 amide bonds. The van der Waals surface area contributed by atoms with E-state index in [1.54, 1.807) is 6.92 Å². The second-order valence-corrected chi connectivity index (χ2v) is 3.62. The minimum Gasteiger partial charge on any atom is -0.340 e. The van der Waals surface area contributed by atoms with Crippen LogP contribution in [0.3, 0.4) is 0 Å². The fourth-order valence-electron chi connectivity index (χ4n) is 1.67. The van der Waals surface area contributed by atoms with Gasteiger partial charge in [0.2, 0.25) is 5.91 Å². The van der Waals surface area contributed by atoms with E-state index < -0.39 is 0 Å². The fraction of sp³-hybridized carbons (Fsp3) is 0.909. The Hall–Kier alpha value is -0.530. The lowest BCUT2D eigenvalue weighted by molar-refractivity contribution is -0.129. The molecule has 0 aromatic carbocycles. The average molecular weight is 185 g/mol. The first-order valence-corrected chi connectivity index (χ1v) is 5.44. The smallest absolute Gasteiger partial charge is 0.219 e. The van der Waals surface area contributed by atoms with E-state index in [0.29, 0.717) is 6.04 Å². The molecule has 1 unspecified atom stereocenters. The number of nitrogens with zero attached hydrogens (tertiary/aromatic N) is 1. The van der Waals surface area contributed by atoms with Crippen LogP contribution < -0.4 is 0 Å². The van der Waals surface area contributed by atoms with Gasteiger partial charge in [0.05, 0.1) is 0 Å². The van der Waals surface area contributed by atoms with Crippen molar-refractivity contribution >= 4 is 5.91 Å². The molecule has 0 bridgehead atoms. The molecule has 1 rings (SSSR count). The van der Waals surface area contributed by atoms with E-state index in [1.165, 1.54) is 19.3 Å². The van der Waals surface area contributed by atoms with Crippen molar-refractivity contribution in [2.75, 3.05) is 6.54 Å². The van der Waals surface area contributed by atoms with Gasteiger partial charge in [-0.3, -0.25) is 4.79 Å². The van der Waals surface area contributed by atoms with Crippen molar-refractivity contribution < 1.29 is 4.79 Å². The van der Waals surface area contributed by atoms with Crippen LogP contribution in [0.5, 0.6) is 0 Å². The summed E-state index contributed by atoms with van der Waals surface area (Å²) >= 11 is 0. The number of hydrogen-bond donors (Lipinski definition) is 0. The predicted molar refractivity (Wildman–Crippen MR) is 56.7 cm³/mol. The van der Waals surface area contributed by atoms with E-state index in [1.807, 2.05) is 4.90 Å². The molecule has 13 heavy (non-hydrogen) atoms. The van der Waals surface area contributed by atoms with Crippen LogP contribution in [0, 0.1) is 0 Å². The highest BCUT2D eigenvalue weighted by atomic mass is 16.2. The fourth-order valence-corrected chi connectivity index (χ4v) is 1.67. The molecule has 0 aromatic rings. The van der Waals surface area contributed by atoms with E-state index in [4.69, 9.17) is 0 Å². The van der Waals surface area contributed by atoms with Crippen molar-refractivity contribution in [1.29, 1.82) is 0 Å². The number of likely N-dealkylation sites (tertiary alicyclic amines) is 1. The van der Waals surface area contributed by atoms with Gasteiger partial charge in [-0.15, -0.1) is 0 Å². The zero-order chi connectivity index (χ0) is 10.3. The quantitative estimate of drug-likeness (QED) is 0.615. The third kappa shape index (κ3) is 4.30. The van der Waals surface area contributed by atoms with Gasteiger partial charge in [-0.05, 0) is 19.3 Å². The Kier molecular flexibility index (Phi) is 6.65. The van der Waals surface area contributed by atoms with Crippen LogP contribution in [0.25, 0.3) is 0 Å². The van der Waals surface area contributed by atoms with Crippen LogP contribution in [-0.2, 0) is 4.79 Å². The van der Waals surface area contributed by atoms with Crippen molar-refractivity contribution in [3.05, 3.63) is 0 Å². The van der Waals surface area contributed by atoms with Gasteiger partial charge in [0.1, 0.15) is 0 Å². The van der Waals surface area contributed by atoms with Crippen LogP contribution in [0.15, 0.2) is 0 Å². The molecule has 1 heterocycles. The Balaban J connectivity index is 0.000000424. The van der Waals surface area contributed by atoms with Gasteiger partial charge in [0.15, 0.2) is 0 Å². The van der Waals surface area contributed by atoms with E-state index in [0.717, 1.165) is 13.0 Å². The Bertz CT molecular complexity index is 145. The monoisotopic (exact) mass is 185 g/mol. The molecule has 78 valence electrons. The Morgan fingerprint density at radius 3 is 2.23 bits per heavy atom. The Morgan fingerprint density at radius 2 is 1.92 bits per heavy atom.